The molecule has 0 aliphatic carbocycles. The monoisotopic (exact) mass is 277 g/mol. The van der Waals surface area contributed by atoms with Gasteiger partial charge in [-0.15, -0.1) is 0 Å². The van der Waals surface area contributed by atoms with Crippen molar-refractivity contribution in [2.24, 2.45) is 0 Å². The number of carbonyl (C=O) groups excluding carboxylic acids is 1. The Kier molecular flexibility index (Phi) is 10.2. The number of rotatable bonds is 10. The lowest BCUT2D eigenvalue weighted by molar-refractivity contribution is -0.120. The van der Waals surface area contributed by atoms with Gasteiger partial charge in [0.05, 0.1) is 0 Å². The van der Waals surface area contributed by atoms with E-state index in [9.17, 15) is 4.79 Å². The van der Waals surface area contributed by atoms with Gasteiger partial charge >= 0.3 is 0 Å². The van der Waals surface area contributed by atoms with E-state index < -0.39 is 0 Å². The van der Waals surface area contributed by atoms with Gasteiger partial charge in [0.1, 0.15) is 0 Å². The van der Waals surface area contributed by atoms with Crippen molar-refractivity contribution in [3.8, 4) is 0 Å². The maximum atomic E-state index is 11.3. The Bertz CT molecular complexity index is 208. The second-order valence-corrected chi connectivity index (χ2v) is 8.05. The molecule has 0 heterocycles. The summed E-state index contributed by atoms with van der Waals surface area (Å²) >= 11 is 0. The van der Waals surface area contributed by atoms with E-state index in [1.54, 1.807) is 7.05 Å². The molecule has 2 nitrogen and oxygen atoms in total. The van der Waals surface area contributed by atoms with Crippen LogP contribution in [0.4, 0.5) is 0 Å². The normalized spacial score (nSPS) is 11.5. The number of carbonyl (C=O) groups is 1. The topological polar surface area (TPSA) is 29.1 Å². The van der Waals surface area contributed by atoms with Gasteiger partial charge in [-0.1, -0.05) is 54.2 Å². The van der Waals surface area contributed by atoms with Gasteiger partial charge in [0.2, 0.25) is 5.91 Å². The summed E-state index contributed by atoms with van der Waals surface area (Å²) in [5.41, 5.74) is 0. The van der Waals surface area contributed by atoms with Crippen LogP contribution in [0.2, 0.25) is 0 Å². The highest BCUT2D eigenvalue weighted by Crippen LogP contribution is 2.38. The van der Waals surface area contributed by atoms with E-state index in [2.05, 4.69) is 26.1 Å². The van der Waals surface area contributed by atoms with E-state index in [4.69, 9.17) is 0 Å². The first-order valence-electron chi connectivity index (χ1n) is 6.53. The lowest BCUT2D eigenvalue weighted by Gasteiger charge is -2.21. The summed E-state index contributed by atoms with van der Waals surface area (Å²) in [5.74, 6) is 1.33. The van der Waals surface area contributed by atoms with Crippen LogP contribution in [0, 0.1) is 0 Å². The van der Waals surface area contributed by atoms with E-state index in [1.165, 1.54) is 37.9 Å². The molecule has 0 atom stereocenters. The van der Waals surface area contributed by atoms with Gasteiger partial charge in [-0.2, -0.15) is 0 Å². The molecule has 1 N–H and O–H groups in total. The Morgan fingerprint density at radius 2 is 1.82 bits per heavy atom. The van der Waals surface area contributed by atoms with Gasteiger partial charge in [0.15, 0.2) is 0 Å². The van der Waals surface area contributed by atoms with E-state index in [-0.39, 0.29) is 10.7 Å². The van der Waals surface area contributed by atoms with Crippen LogP contribution in [0.1, 0.15) is 59.3 Å². The highest BCUT2D eigenvalue weighted by atomic mass is 33.1. The van der Waals surface area contributed by atoms with Crippen molar-refractivity contribution in [2.75, 3.05) is 12.8 Å². The zero-order chi connectivity index (χ0) is 13.1. The van der Waals surface area contributed by atoms with Gasteiger partial charge in [0.25, 0.3) is 0 Å². The van der Waals surface area contributed by atoms with Crippen molar-refractivity contribution in [3.05, 3.63) is 0 Å². The minimum Gasteiger partial charge on any atom is -0.359 e. The molecule has 102 valence electrons. The minimum absolute atomic E-state index is 0.0359. The van der Waals surface area contributed by atoms with E-state index in [0.717, 1.165) is 0 Å². The number of hydrogen-bond acceptors (Lipinski definition) is 3. The average Bonchev–Trinajstić information content (AvgIpc) is 2.27. The molecule has 0 aromatic heterocycles. The van der Waals surface area contributed by atoms with Crippen molar-refractivity contribution >= 4 is 27.5 Å². The second-order valence-electron chi connectivity index (χ2n) is 4.93. The first-order valence-corrected chi connectivity index (χ1v) is 8.85. The molecule has 0 aliphatic rings. The summed E-state index contributed by atoms with van der Waals surface area (Å²) in [5, 5.41) is 2.68. The Morgan fingerprint density at radius 3 is 2.41 bits per heavy atom. The number of unbranched alkanes of at least 4 members (excludes halogenated alkanes) is 4. The van der Waals surface area contributed by atoms with Crippen molar-refractivity contribution < 1.29 is 4.79 Å². The summed E-state index contributed by atoms with van der Waals surface area (Å²) in [6.45, 7) is 6.51. The molecule has 0 aromatic carbocycles. The van der Waals surface area contributed by atoms with Crippen molar-refractivity contribution in [1.82, 2.24) is 5.32 Å². The summed E-state index contributed by atoms with van der Waals surface area (Å²) < 4.78 is 0.0359. The largest absolute Gasteiger partial charge is 0.359 e. The maximum absolute atomic E-state index is 11.3. The van der Waals surface area contributed by atoms with Crippen LogP contribution < -0.4 is 5.32 Å². The van der Waals surface area contributed by atoms with Crippen molar-refractivity contribution in [2.45, 2.75) is 64.0 Å². The lowest BCUT2D eigenvalue weighted by Crippen LogP contribution is -2.27. The van der Waals surface area contributed by atoms with Crippen LogP contribution in [0.5, 0.6) is 0 Å². The average molecular weight is 277 g/mol. The molecule has 0 rings (SSSR count). The molecule has 0 fully saturated rings. The zero-order valence-electron chi connectivity index (χ0n) is 11.7. The molecular weight excluding hydrogens is 250 g/mol. The zero-order valence-corrected chi connectivity index (χ0v) is 13.3. The highest BCUT2D eigenvalue weighted by Gasteiger charge is 2.22. The molecule has 0 aromatic rings. The smallest absolute Gasteiger partial charge is 0.221 e. The molecule has 0 radical (unpaired) electrons. The van der Waals surface area contributed by atoms with Crippen LogP contribution in [0.15, 0.2) is 0 Å². The van der Waals surface area contributed by atoms with E-state index in [1.807, 2.05) is 21.6 Å². The predicted molar refractivity (Wildman–Crippen MR) is 81.6 cm³/mol. The summed E-state index contributed by atoms with van der Waals surface area (Å²) in [4.78, 5) is 11.3. The lowest BCUT2D eigenvalue weighted by atomic mass is 10.1. The molecule has 4 heteroatoms. The molecule has 1 amide bonds. The Labute approximate surface area is 114 Å². The molecule has 0 bridgehead atoms. The molecule has 0 saturated heterocycles. The highest BCUT2D eigenvalue weighted by molar-refractivity contribution is 8.77. The van der Waals surface area contributed by atoms with E-state index in [0.29, 0.717) is 6.42 Å². The standard InChI is InChI=1S/C13H27NOS2/c1-5-6-7-8-9-10-16-17-13(2,3)11-12(15)14-4/h5-11H2,1-4H3,(H,14,15). The van der Waals surface area contributed by atoms with Crippen molar-refractivity contribution in [1.29, 1.82) is 0 Å². The summed E-state index contributed by atoms with van der Waals surface area (Å²) in [6.07, 6.45) is 7.27. The maximum Gasteiger partial charge on any atom is 0.221 e. The predicted octanol–water partition coefficient (Wildman–Crippen LogP) is 4.25. The molecule has 0 spiro atoms. The third-order valence-electron chi connectivity index (χ3n) is 2.48. The van der Waals surface area contributed by atoms with Crippen molar-refractivity contribution in [3.63, 3.8) is 0 Å². The fraction of sp³-hybridized carbons (Fsp3) is 0.923. The van der Waals surface area contributed by atoms with E-state index >= 15 is 0 Å². The van der Waals surface area contributed by atoms with Crippen LogP contribution in [-0.4, -0.2) is 23.5 Å². The SMILES string of the molecule is CCCCCCCSSC(C)(C)CC(=O)NC. The van der Waals surface area contributed by atoms with Gasteiger partial charge in [-0.25, -0.2) is 0 Å². The molecule has 0 saturated carbocycles. The van der Waals surface area contributed by atoms with Crippen LogP contribution in [-0.2, 0) is 4.79 Å². The fourth-order valence-corrected chi connectivity index (χ4v) is 4.12. The second kappa shape index (κ2) is 10.1. The van der Waals surface area contributed by atoms with Crippen LogP contribution in [0.3, 0.4) is 0 Å². The van der Waals surface area contributed by atoms with Gasteiger partial charge in [-0.05, 0) is 20.3 Å². The Balaban J connectivity index is 3.48. The van der Waals surface area contributed by atoms with Gasteiger partial charge in [-0.3, -0.25) is 4.79 Å². The third-order valence-corrected chi connectivity index (χ3v) is 5.86. The minimum atomic E-state index is 0.0359. The first-order chi connectivity index (χ1) is 8.02. The summed E-state index contributed by atoms with van der Waals surface area (Å²) in [7, 11) is 5.45. The summed E-state index contributed by atoms with van der Waals surface area (Å²) in [6, 6.07) is 0. The molecular formula is C13H27NOS2. The number of hydrogen-bond donors (Lipinski definition) is 1. The fourth-order valence-electron chi connectivity index (χ4n) is 1.47. The van der Waals surface area contributed by atoms with Crippen LogP contribution in [0.25, 0.3) is 0 Å². The van der Waals surface area contributed by atoms with Crippen LogP contribution >= 0.6 is 21.6 Å². The molecule has 0 aliphatic heterocycles. The molecule has 0 unspecified atom stereocenters. The third kappa shape index (κ3) is 11.0. The van der Waals surface area contributed by atoms with Gasteiger partial charge < -0.3 is 5.32 Å². The first kappa shape index (κ1) is 17.2. The van der Waals surface area contributed by atoms with Gasteiger partial charge in [0, 0.05) is 24.0 Å². The molecule has 17 heavy (non-hydrogen) atoms. The number of nitrogens with one attached hydrogen (secondary N) is 1. The Hall–Kier alpha value is 0.170. The number of amides is 1. The Morgan fingerprint density at radius 1 is 1.18 bits per heavy atom. The quantitative estimate of drug-likeness (QED) is 0.478.